The molecule has 5 nitrogen and oxygen atoms in total. The molecule has 0 aromatic heterocycles. The molecule has 3 aromatic carbocycles. The van der Waals surface area contributed by atoms with Crippen molar-refractivity contribution >= 4 is 39.3 Å². The third-order valence-electron chi connectivity index (χ3n) is 5.21. The molecule has 0 aliphatic rings. The minimum absolute atomic E-state index is 0.110. The minimum Gasteiger partial charge on any atom is -0.482 e. The number of benzene rings is 3. The number of nitrogens with one attached hydrogen (secondary N) is 1. The fourth-order valence-electron chi connectivity index (χ4n) is 3.54. The van der Waals surface area contributed by atoms with Crippen LogP contribution in [-0.2, 0) is 22.6 Å². The van der Waals surface area contributed by atoms with Crippen molar-refractivity contribution in [3.05, 3.63) is 99.2 Å². The molecule has 8 heteroatoms. The molecule has 0 aliphatic heterocycles. The van der Waals surface area contributed by atoms with E-state index < -0.39 is 11.9 Å². The van der Waals surface area contributed by atoms with Gasteiger partial charge in [0.25, 0.3) is 5.91 Å². The highest BCUT2D eigenvalue weighted by atomic mass is 79.9. The quantitative estimate of drug-likeness (QED) is 0.341. The van der Waals surface area contributed by atoms with Crippen LogP contribution >= 0.6 is 27.5 Å². The summed E-state index contributed by atoms with van der Waals surface area (Å²) in [5.41, 5.74) is 1.60. The first-order chi connectivity index (χ1) is 16.7. The van der Waals surface area contributed by atoms with Crippen molar-refractivity contribution in [2.24, 2.45) is 0 Å². The highest BCUT2D eigenvalue weighted by molar-refractivity contribution is 9.10. The van der Waals surface area contributed by atoms with Crippen molar-refractivity contribution in [1.82, 2.24) is 10.2 Å². The van der Waals surface area contributed by atoms with E-state index >= 15 is 0 Å². The zero-order valence-electron chi connectivity index (χ0n) is 19.5. The van der Waals surface area contributed by atoms with Crippen molar-refractivity contribution in [2.75, 3.05) is 6.61 Å². The fourth-order valence-corrected chi connectivity index (χ4v) is 4.26. The molecule has 3 rings (SSSR count). The third kappa shape index (κ3) is 8.08. The first kappa shape index (κ1) is 26.7. The van der Waals surface area contributed by atoms with Crippen LogP contribution in [0.4, 0.5) is 4.39 Å². The van der Waals surface area contributed by atoms with Crippen molar-refractivity contribution in [2.45, 2.75) is 38.9 Å². The molecule has 1 atom stereocenters. The number of amides is 2. The Kier molecular flexibility index (Phi) is 9.69. The standard InChI is InChI=1S/C27H27BrClFN2O3/c1-18(2)31-27(34)24(14-19-6-4-3-5-7-19)32(16-20-8-11-22(30)12-9-20)26(33)17-35-25-13-10-21(28)15-23(25)29/h3-13,15,18,24H,14,16-17H2,1-2H3,(H,31,34)/t24-/m0/s1. The highest BCUT2D eigenvalue weighted by Gasteiger charge is 2.31. The number of rotatable bonds is 10. The van der Waals surface area contributed by atoms with E-state index in [1.54, 1.807) is 30.3 Å². The second-order valence-corrected chi connectivity index (χ2v) is 9.70. The predicted molar refractivity (Wildman–Crippen MR) is 139 cm³/mol. The predicted octanol–water partition coefficient (Wildman–Crippen LogP) is 5.79. The summed E-state index contributed by atoms with van der Waals surface area (Å²) in [5.74, 6) is -0.691. The summed E-state index contributed by atoms with van der Waals surface area (Å²) < 4.78 is 20.0. The van der Waals surface area contributed by atoms with Crippen LogP contribution in [0.2, 0.25) is 5.02 Å². The van der Waals surface area contributed by atoms with Crippen molar-refractivity contribution in [1.29, 1.82) is 0 Å². The average molecular weight is 562 g/mol. The Labute approximate surface area is 218 Å². The van der Waals surface area contributed by atoms with Crippen LogP contribution in [-0.4, -0.2) is 35.4 Å². The average Bonchev–Trinajstić information content (AvgIpc) is 2.82. The zero-order chi connectivity index (χ0) is 25.4. The van der Waals surface area contributed by atoms with Gasteiger partial charge < -0.3 is 15.0 Å². The Balaban J connectivity index is 1.91. The Bertz CT molecular complexity index is 1140. The molecule has 0 saturated carbocycles. The minimum atomic E-state index is -0.804. The largest absolute Gasteiger partial charge is 0.482 e. The summed E-state index contributed by atoms with van der Waals surface area (Å²) in [7, 11) is 0. The Morgan fingerprint density at radius 2 is 1.71 bits per heavy atom. The second kappa shape index (κ2) is 12.7. The van der Waals surface area contributed by atoms with Gasteiger partial charge in [0.1, 0.15) is 17.6 Å². The Morgan fingerprint density at radius 1 is 1.03 bits per heavy atom. The molecule has 0 saturated heterocycles. The van der Waals surface area contributed by atoms with Crippen molar-refractivity contribution in [3.63, 3.8) is 0 Å². The van der Waals surface area contributed by atoms with E-state index in [0.29, 0.717) is 22.8 Å². The summed E-state index contributed by atoms with van der Waals surface area (Å²) in [6, 6.07) is 19.5. The van der Waals surface area contributed by atoms with Gasteiger partial charge in [-0.25, -0.2) is 4.39 Å². The smallest absolute Gasteiger partial charge is 0.261 e. The van der Waals surface area contributed by atoms with E-state index in [-0.39, 0.29) is 30.9 Å². The first-order valence-electron chi connectivity index (χ1n) is 11.2. The SMILES string of the molecule is CC(C)NC(=O)[C@H](Cc1ccccc1)N(Cc1ccc(F)cc1)C(=O)COc1ccc(Br)cc1Cl. The van der Waals surface area contributed by atoms with Gasteiger partial charge in [0.15, 0.2) is 6.61 Å². The van der Waals surface area contributed by atoms with Crippen LogP contribution in [0.3, 0.4) is 0 Å². The number of hydrogen-bond acceptors (Lipinski definition) is 3. The lowest BCUT2D eigenvalue weighted by atomic mass is 10.0. The molecule has 2 amide bonds. The van der Waals surface area contributed by atoms with Gasteiger partial charge in [0.05, 0.1) is 5.02 Å². The molecule has 0 radical (unpaired) electrons. The van der Waals surface area contributed by atoms with E-state index in [4.69, 9.17) is 16.3 Å². The maximum Gasteiger partial charge on any atom is 0.261 e. The van der Waals surface area contributed by atoms with E-state index in [1.165, 1.54) is 17.0 Å². The Morgan fingerprint density at radius 3 is 2.34 bits per heavy atom. The lowest BCUT2D eigenvalue weighted by Gasteiger charge is -2.32. The van der Waals surface area contributed by atoms with Gasteiger partial charge in [-0.05, 0) is 55.3 Å². The van der Waals surface area contributed by atoms with E-state index in [1.807, 2.05) is 44.2 Å². The van der Waals surface area contributed by atoms with Gasteiger partial charge in [-0.15, -0.1) is 0 Å². The van der Waals surface area contributed by atoms with Gasteiger partial charge in [0, 0.05) is 23.5 Å². The molecule has 35 heavy (non-hydrogen) atoms. The maximum absolute atomic E-state index is 13.5. The van der Waals surface area contributed by atoms with E-state index in [2.05, 4.69) is 21.2 Å². The van der Waals surface area contributed by atoms with Crippen LogP contribution in [0.5, 0.6) is 5.75 Å². The molecule has 0 aliphatic carbocycles. The molecule has 1 N–H and O–H groups in total. The lowest BCUT2D eigenvalue weighted by molar-refractivity contribution is -0.143. The number of hydrogen-bond donors (Lipinski definition) is 1. The van der Waals surface area contributed by atoms with Crippen LogP contribution in [0.15, 0.2) is 77.3 Å². The van der Waals surface area contributed by atoms with E-state index in [9.17, 15) is 14.0 Å². The molecule has 184 valence electrons. The molecule has 0 heterocycles. The topological polar surface area (TPSA) is 58.6 Å². The summed E-state index contributed by atoms with van der Waals surface area (Å²) >= 11 is 9.58. The van der Waals surface area contributed by atoms with Gasteiger partial charge in [-0.2, -0.15) is 0 Å². The van der Waals surface area contributed by atoms with Gasteiger partial charge in [-0.1, -0.05) is 70.0 Å². The van der Waals surface area contributed by atoms with Crippen molar-refractivity contribution in [3.8, 4) is 5.75 Å². The molecule has 0 bridgehead atoms. The van der Waals surface area contributed by atoms with Crippen molar-refractivity contribution < 1.29 is 18.7 Å². The van der Waals surface area contributed by atoms with Crippen LogP contribution < -0.4 is 10.1 Å². The van der Waals surface area contributed by atoms with Crippen LogP contribution in [0.1, 0.15) is 25.0 Å². The number of ether oxygens (including phenoxy) is 1. The highest BCUT2D eigenvalue weighted by Crippen LogP contribution is 2.28. The van der Waals surface area contributed by atoms with Gasteiger partial charge >= 0.3 is 0 Å². The molecule has 0 fully saturated rings. The Hall–Kier alpha value is -2.90. The van der Waals surface area contributed by atoms with Gasteiger partial charge in [0.2, 0.25) is 5.91 Å². The summed E-state index contributed by atoms with van der Waals surface area (Å²) in [5, 5.41) is 3.28. The second-order valence-electron chi connectivity index (χ2n) is 8.38. The van der Waals surface area contributed by atoms with Gasteiger partial charge in [-0.3, -0.25) is 9.59 Å². The fraction of sp³-hybridized carbons (Fsp3) is 0.259. The summed E-state index contributed by atoms with van der Waals surface area (Å²) in [4.78, 5) is 28.2. The monoisotopic (exact) mass is 560 g/mol. The molecule has 3 aromatic rings. The molecule has 0 unspecified atom stereocenters. The van der Waals surface area contributed by atoms with E-state index in [0.717, 1.165) is 10.0 Å². The molecular formula is C27H27BrClFN2O3. The molecule has 0 spiro atoms. The zero-order valence-corrected chi connectivity index (χ0v) is 21.9. The molecular weight excluding hydrogens is 535 g/mol. The van der Waals surface area contributed by atoms with Crippen LogP contribution in [0, 0.1) is 5.82 Å². The first-order valence-corrected chi connectivity index (χ1v) is 12.4. The van der Waals surface area contributed by atoms with Crippen LogP contribution in [0.25, 0.3) is 0 Å². The summed E-state index contributed by atoms with van der Waals surface area (Å²) in [6.45, 7) is 3.52. The lowest BCUT2D eigenvalue weighted by Crippen LogP contribution is -2.52. The summed E-state index contributed by atoms with van der Waals surface area (Å²) in [6.07, 6.45) is 0.311. The maximum atomic E-state index is 13.5. The normalized spacial score (nSPS) is 11.7. The number of halogens is 3. The number of nitrogens with zero attached hydrogens (tertiary/aromatic N) is 1. The number of carbonyl (C=O) groups excluding carboxylic acids is 2. The third-order valence-corrected chi connectivity index (χ3v) is 6.00. The number of carbonyl (C=O) groups is 2.